The van der Waals surface area contributed by atoms with Crippen LogP contribution in [0.25, 0.3) is 0 Å². The molecule has 0 saturated carbocycles. The van der Waals surface area contributed by atoms with Gasteiger partial charge in [0.25, 0.3) is 0 Å². The monoisotopic (exact) mass is 386 g/mol. The first-order chi connectivity index (χ1) is 12.1. The number of ketones is 1. The Labute approximate surface area is 149 Å². The van der Waals surface area contributed by atoms with E-state index >= 15 is 0 Å². The third-order valence-corrected chi connectivity index (χ3v) is 5.18. The quantitative estimate of drug-likeness (QED) is 0.455. The molecular formula is C15H19FN4O5S. The predicted molar refractivity (Wildman–Crippen MR) is 88.4 cm³/mol. The van der Waals surface area contributed by atoms with Crippen molar-refractivity contribution in [3.63, 3.8) is 0 Å². The lowest BCUT2D eigenvalue weighted by Gasteiger charge is -2.26. The van der Waals surface area contributed by atoms with E-state index in [1.807, 2.05) is 0 Å². The van der Waals surface area contributed by atoms with Crippen molar-refractivity contribution in [3.8, 4) is 0 Å². The third kappa shape index (κ3) is 4.62. The van der Waals surface area contributed by atoms with Crippen LogP contribution in [0.15, 0.2) is 29.2 Å². The Balaban J connectivity index is 2.15. The zero-order chi connectivity index (χ0) is 19.5. The van der Waals surface area contributed by atoms with Crippen LogP contribution < -0.4 is 20.9 Å². The normalized spacial score (nSPS) is 19.2. The second kappa shape index (κ2) is 7.89. The molecule has 1 saturated heterocycles. The number of Topliss-reactive ketones (excluding diaryl/α,β-unsaturated/α-hetero) is 1. The van der Waals surface area contributed by atoms with Crippen molar-refractivity contribution in [2.75, 3.05) is 6.54 Å². The maximum atomic E-state index is 13.0. The van der Waals surface area contributed by atoms with Crippen LogP contribution in [-0.4, -0.2) is 44.6 Å². The summed E-state index contributed by atoms with van der Waals surface area (Å²) in [5, 5.41) is 2.36. The Morgan fingerprint density at radius 1 is 1.23 bits per heavy atom. The van der Waals surface area contributed by atoms with Crippen LogP contribution in [0.4, 0.5) is 4.39 Å². The first-order valence-electron chi connectivity index (χ1n) is 7.77. The van der Waals surface area contributed by atoms with Crippen LogP contribution in [0.1, 0.15) is 13.8 Å². The smallest absolute Gasteiger partial charge is 0.303 e. The van der Waals surface area contributed by atoms with E-state index in [1.54, 1.807) is 13.8 Å². The number of carbonyl (C=O) groups excluding carboxylic acids is 3. The summed E-state index contributed by atoms with van der Waals surface area (Å²) in [6.07, 6.45) is 0. The number of carbonyl (C=O) groups is 3. The highest BCUT2D eigenvalue weighted by Gasteiger charge is 2.34. The van der Waals surface area contributed by atoms with Gasteiger partial charge in [-0.2, -0.15) is 4.72 Å². The molecule has 0 aliphatic carbocycles. The first-order valence-corrected chi connectivity index (χ1v) is 9.25. The van der Waals surface area contributed by atoms with Gasteiger partial charge < -0.3 is 5.32 Å². The Kier molecular flexibility index (Phi) is 6.05. The van der Waals surface area contributed by atoms with Gasteiger partial charge in [0.2, 0.25) is 21.7 Å². The molecule has 26 heavy (non-hydrogen) atoms. The predicted octanol–water partition coefficient (Wildman–Crippen LogP) is -1.18. The summed E-state index contributed by atoms with van der Waals surface area (Å²) in [7, 11) is -4.09. The van der Waals surface area contributed by atoms with Crippen LogP contribution in [0, 0.1) is 11.7 Å². The van der Waals surface area contributed by atoms with E-state index in [1.165, 1.54) is 0 Å². The van der Waals surface area contributed by atoms with Gasteiger partial charge in [0.1, 0.15) is 17.9 Å². The number of amides is 2. The van der Waals surface area contributed by atoms with Gasteiger partial charge in [-0.15, -0.1) is 0 Å². The summed E-state index contributed by atoms with van der Waals surface area (Å²) < 4.78 is 40.1. The molecule has 142 valence electrons. The molecule has 1 aliphatic heterocycles. The van der Waals surface area contributed by atoms with E-state index in [0.29, 0.717) is 0 Å². The summed E-state index contributed by atoms with van der Waals surface area (Å²) in [5.74, 6) is -3.52. The molecule has 2 atom stereocenters. The van der Waals surface area contributed by atoms with Crippen molar-refractivity contribution in [1.29, 1.82) is 0 Å². The third-order valence-electron chi connectivity index (χ3n) is 3.72. The lowest BCUT2D eigenvalue weighted by atomic mass is 10.0. The SMILES string of the molecule is CC(C)C(NS(=O)(=O)c1ccc(F)cc1)C(=O)NC1CNNC(=O)C1=O. The fraction of sp³-hybridized carbons (Fsp3) is 0.400. The van der Waals surface area contributed by atoms with Gasteiger partial charge >= 0.3 is 5.91 Å². The average molecular weight is 386 g/mol. The molecule has 1 aliphatic rings. The average Bonchev–Trinajstić information content (AvgIpc) is 2.57. The Morgan fingerprint density at radius 2 is 1.85 bits per heavy atom. The van der Waals surface area contributed by atoms with Gasteiger partial charge in [-0.05, 0) is 30.2 Å². The van der Waals surface area contributed by atoms with E-state index in [4.69, 9.17) is 0 Å². The molecule has 0 spiro atoms. The molecule has 0 bridgehead atoms. The molecule has 1 aromatic rings. The van der Waals surface area contributed by atoms with Crippen molar-refractivity contribution < 1.29 is 27.2 Å². The van der Waals surface area contributed by atoms with Crippen LogP contribution in [0.2, 0.25) is 0 Å². The highest BCUT2D eigenvalue weighted by Crippen LogP contribution is 2.13. The number of halogens is 1. The van der Waals surface area contributed by atoms with Crippen molar-refractivity contribution in [2.45, 2.75) is 30.8 Å². The Hall–Kier alpha value is -2.37. The second-order valence-electron chi connectivity index (χ2n) is 6.06. The van der Waals surface area contributed by atoms with Gasteiger partial charge in [0.05, 0.1) is 4.90 Å². The van der Waals surface area contributed by atoms with E-state index in [2.05, 4.69) is 20.9 Å². The Morgan fingerprint density at radius 3 is 2.42 bits per heavy atom. The minimum Gasteiger partial charge on any atom is -0.343 e. The maximum Gasteiger partial charge on any atom is 0.303 e. The van der Waals surface area contributed by atoms with E-state index in [-0.39, 0.29) is 11.4 Å². The number of hydrogen-bond donors (Lipinski definition) is 4. The van der Waals surface area contributed by atoms with Gasteiger partial charge in [0, 0.05) is 6.54 Å². The fourth-order valence-electron chi connectivity index (χ4n) is 2.27. The van der Waals surface area contributed by atoms with E-state index in [0.717, 1.165) is 24.3 Å². The number of hydrogen-bond acceptors (Lipinski definition) is 6. The summed E-state index contributed by atoms with van der Waals surface area (Å²) in [6, 6.07) is 1.84. The number of nitrogens with one attached hydrogen (secondary N) is 4. The highest BCUT2D eigenvalue weighted by atomic mass is 32.2. The molecule has 1 fully saturated rings. The van der Waals surface area contributed by atoms with Crippen molar-refractivity contribution >= 4 is 27.6 Å². The molecular weight excluding hydrogens is 367 g/mol. The Bertz CT molecular complexity index is 810. The largest absolute Gasteiger partial charge is 0.343 e. The minimum atomic E-state index is -4.09. The maximum absolute atomic E-state index is 13.0. The van der Waals surface area contributed by atoms with Crippen LogP contribution >= 0.6 is 0 Å². The minimum absolute atomic E-state index is 0.0220. The highest BCUT2D eigenvalue weighted by molar-refractivity contribution is 7.89. The second-order valence-corrected chi connectivity index (χ2v) is 7.77. The topological polar surface area (TPSA) is 133 Å². The zero-order valence-electron chi connectivity index (χ0n) is 14.1. The van der Waals surface area contributed by atoms with Gasteiger partial charge in [-0.3, -0.25) is 19.8 Å². The molecule has 0 aromatic heterocycles. The van der Waals surface area contributed by atoms with Crippen LogP contribution in [0.5, 0.6) is 0 Å². The molecule has 1 aromatic carbocycles. The lowest BCUT2D eigenvalue weighted by Crippen LogP contribution is -2.63. The van der Waals surface area contributed by atoms with Gasteiger partial charge in [-0.25, -0.2) is 18.2 Å². The van der Waals surface area contributed by atoms with Crippen molar-refractivity contribution in [2.24, 2.45) is 5.92 Å². The summed E-state index contributed by atoms with van der Waals surface area (Å²) >= 11 is 0. The standard InChI is InChI=1S/C15H19FN4O5S/c1-8(2)12(14(22)18-11-7-17-19-15(23)13(11)21)20-26(24,25)10-5-3-9(16)4-6-10/h3-6,8,11-12,17,20H,7H2,1-2H3,(H,18,22)(H,19,23). The number of sulfonamides is 1. The lowest BCUT2D eigenvalue weighted by molar-refractivity contribution is -0.142. The molecule has 4 N–H and O–H groups in total. The molecule has 9 nitrogen and oxygen atoms in total. The molecule has 2 amide bonds. The molecule has 2 rings (SSSR count). The van der Waals surface area contributed by atoms with Crippen molar-refractivity contribution in [1.82, 2.24) is 20.9 Å². The zero-order valence-corrected chi connectivity index (χ0v) is 14.9. The molecule has 0 radical (unpaired) electrons. The number of benzene rings is 1. The fourth-order valence-corrected chi connectivity index (χ4v) is 3.61. The van der Waals surface area contributed by atoms with Crippen LogP contribution in [0.3, 0.4) is 0 Å². The van der Waals surface area contributed by atoms with Crippen molar-refractivity contribution in [3.05, 3.63) is 30.1 Å². The number of rotatable bonds is 6. The number of hydrazine groups is 1. The molecule has 1 heterocycles. The summed E-state index contributed by atoms with van der Waals surface area (Å²) in [4.78, 5) is 35.3. The van der Waals surface area contributed by atoms with E-state index in [9.17, 15) is 27.2 Å². The van der Waals surface area contributed by atoms with Gasteiger partial charge in [0.15, 0.2) is 0 Å². The summed E-state index contributed by atoms with van der Waals surface area (Å²) in [6.45, 7) is 3.21. The van der Waals surface area contributed by atoms with Gasteiger partial charge in [-0.1, -0.05) is 13.8 Å². The van der Waals surface area contributed by atoms with Crippen LogP contribution in [-0.2, 0) is 24.4 Å². The summed E-state index contributed by atoms with van der Waals surface area (Å²) in [5.41, 5.74) is 4.58. The first kappa shape index (κ1) is 19.9. The van der Waals surface area contributed by atoms with E-state index < -0.39 is 51.4 Å². The molecule has 11 heteroatoms. The molecule has 2 unspecified atom stereocenters.